The lowest BCUT2D eigenvalue weighted by Crippen LogP contribution is -2.21. The monoisotopic (exact) mass is 376 g/mol. The van der Waals surface area contributed by atoms with Crippen molar-refractivity contribution in [2.75, 3.05) is 17.7 Å². The number of aromatic nitrogens is 1. The van der Waals surface area contributed by atoms with Crippen LogP contribution in [0.15, 0.2) is 41.4 Å². The smallest absolute Gasteiger partial charge is 0.316 e. The zero-order valence-electron chi connectivity index (χ0n) is 13.5. The Hall–Kier alpha value is -2.05. The second kappa shape index (κ2) is 8.36. The molecule has 7 heteroatoms. The van der Waals surface area contributed by atoms with E-state index in [-0.39, 0.29) is 17.5 Å². The summed E-state index contributed by atoms with van der Waals surface area (Å²) in [6.45, 7) is -0.352. The van der Waals surface area contributed by atoms with Crippen molar-refractivity contribution in [3.05, 3.63) is 52.8 Å². The zero-order chi connectivity index (χ0) is 17.6. The molecule has 1 amide bonds. The van der Waals surface area contributed by atoms with Crippen LogP contribution in [0.5, 0.6) is 0 Å². The number of esters is 1. The van der Waals surface area contributed by atoms with Gasteiger partial charge in [0.05, 0.1) is 11.4 Å². The number of carbonyl (C=O) groups excluding carboxylic acids is 2. The van der Waals surface area contributed by atoms with Crippen LogP contribution in [0, 0.1) is 0 Å². The SMILES string of the molecule is O=C(COC(=O)CSc1ccc2c(c1)CCC2)Nc1cccnc1Cl. The number of rotatable bonds is 6. The van der Waals surface area contributed by atoms with Gasteiger partial charge in [0.1, 0.15) is 0 Å². The largest absolute Gasteiger partial charge is 0.455 e. The van der Waals surface area contributed by atoms with Crippen LogP contribution < -0.4 is 5.32 Å². The van der Waals surface area contributed by atoms with Gasteiger partial charge >= 0.3 is 5.97 Å². The number of halogens is 1. The molecule has 1 heterocycles. The predicted octanol–water partition coefficient (Wildman–Crippen LogP) is 3.50. The van der Waals surface area contributed by atoms with Crippen molar-refractivity contribution in [2.24, 2.45) is 0 Å². The van der Waals surface area contributed by atoms with Gasteiger partial charge in [0, 0.05) is 11.1 Å². The van der Waals surface area contributed by atoms with Crippen LogP contribution >= 0.6 is 23.4 Å². The Morgan fingerprint density at radius 2 is 2.08 bits per heavy atom. The fourth-order valence-electron chi connectivity index (χ4n) is 2.63. The molecule has 1 N–H and O–H groups in total. The van der Waals surface area contributed by atoms with Crippen molar-refractivity contribution in [3.63, 3.8) is 0 Å². The van der Waals surface area contributed by atoms with Gasteiger partial charge in [0.2, 0.25) is 0 Å². The van der Waals surface area contributed by atoms with Gasteiger partial charge < -0.3 is 10.1 Å². The van der Waals surface area contributed by atoms with E-state index in [9.17, 15) is 9.59 Å². The molecule has 0 saturated carbocycles. The lowest BCUT2D eigenvalue weighted by molar-refractivity contribution is -0.144. The molecule has 1 aliphatic carbocycles. The summed E-state index contributed by atoms with van der Waals surface area (Å²) in [6.07, 6.45) is 4.96. The van der Waals surface area contributed by atoms with Crippen LogP contribution in [0.3, 0.4) is 0 Å². The Labute approximate surface area is 155 Å². The maximum atomic E-state index is 11.8. The quantitative estimate of drug-likeness (QED) is 0.474. The first-order chi connectivity index (χ1) is 12.1. The van der Waals surface area contributed by atoms with Gasteiger partial charge in [-0.2, -0.15) is 0 Å². The summed E-state index contributed by atoms with van der Waals surface area (Å²) in [7, 11) is 0. The van der Waals surface area contributed by atoms with Crippen molar-refractivity contribution < 1.29 is 14.3 Å². The number of amides is 1. The molecular weight excluding hydrogens is 360 g/mol. The van der Waals surface area contributed by atoms with E-state index < -0.39 is 11.9 Å². The number of ether oxygens (including phenoxy) is 1. The number of hydrogen-bond donors (Lipinski definition) is 1. The summed E-state index contributed by atoms with van der Waals surface area (Å²) >= 11 is 7.27. The molecule has 0 radical (unpaired) electrons. The lowest BCUT2D eigenvalue weighted by atomic mass is 10.1. The Bertz CT molecular complexity index is 798. The Balaban J connectivity index is 1.42. The first-order valence-corrected chi connectivity index (χ1v) is 9.29. The van der Waals surface area contributed by atoms with E-state index in [2.05, 4.69) is 22.4 Å². The second-order valence-corrected chi connectivity index (χ2v) is 7.03. The molecule has 0 bridgehead atoms. The molecule has 0 spiro atoms. The van der Waals surface area contributed by atoms with Crippen LogP contribution in [0.4, 0.5) is 5.69 Å². The Kier molecular flexibility index (Phi) is 5.94. The summed E-state index contributed by atoms with van der Waals surface area (Å²) in [6, 6.07) is 9.57. The highest BCUT2D eigenvalue weighted by Crippen LogP contribution is 2.27. The Morgan fingerprint density at radius 1 is 1.24 bits per heavy atom. The minimum Gasteiger partial charge on any atom is -0.455 e. The van der Waals surface area contributed by atoms with Crippen molar-refractivity contribution in [1.82, 2.24) is 4.98 Å². The number of benzene rings is 1. The Morgan fingerprint density at radius 3 is 2.92 bits per heavy atom. The van der Waals surface area contributed by atoms with Crippen molar-refractivity contribution in [1.29, 1.82) is 0 Å². The van der Waals surface area contributed by atoms with E-state index in [1.165, 1.54) is 35.5 Å². The average molecular weight is 377 g/mol. The van der Waals surface area contributed by atoms with Gasteiger partial charge in [-0.1, -0.05) is 17.7 Å². The van der Waals surface area contributed by atoms with Crippen molar-refractivity contribution >= 4 is 40.9 Å². The predicted molar refractivity (Wildman–Crippen MR) is 98.0 cm³/mol. The maximum Gasteiger partial charge on any atom is 0.316 e. The second-order valence-electron chi connectivity index (χ2n) is 5.62. The van der Waals surface area contributed by atoms with E-state index in [1.807, 2.05) is 6.07 Å². The molecular formula is C18H17ClN2O3S. The summed E-state index contributed by atoms with van der Waals surface area (Å²) < 4.78 is 4.99. The van der Waals surface area contributed by atoms with Crippen molar-refractivity contribution in [3.8, 4) is 0 Å². The van der Waals surface area contributed by atoms with E-state index in [1.54, 1.807) is 12.1 Å². The molecule has 130 valence electrons. The summed E-state index contributed by atoms with van der Waals surface area (Å²) in [5, 5.41) is 2.74. The molecule has 25 heavy (non-hydrogen) atoms. The fourth-order valence-corrected chi connectivity index (χ4v) is 3.56. The van der Waals surface area contributed by atoms with Crippen LogP contribution in [0.1, 0.15) is 17.5 Å². The fraction of sp³-hybridized carbons (Fsp3) is 0.278. The molecule has 0 aliphatic heterocycles. The molecule has 2 aromatic rings. The number of carbonyl (C=O) groups is 2. The number of pyridine rings is 1. The number of anilines is 1. The lowest BCUT2D eigenvalue weighted by Gasteiger charge is -2.08. The van der Waals surface area contributed by atoms with Crippen molar-refractivity contribution in [2.45, 2.75) is 24.2 Å². The molecule has 0 fully saturated rings. The first-order valence-electron chi connectivity index (χ1n) is 7.92. The maximum absolute atomic E-state index is 11.8. The molecule has 1 aromatic carbocycles. The van der Waals surface area contributed by atoms with Crippen LogP contribution in [0.25, 0.3) is 0 Å². The van der Waals surface area contributed by atoms with E-state index >= 15 is 0 Å². The topological polar surface area (TPSA) is 68.3 Å². The van der Waals surface area contributed by atoms with Gasteiger partial charge in [0.15, 0.2) is 11.8 Å². The zero-order valence-corrected chi connectivity index (χ0v) is 15.0. The van der Waals surface area contributed by atoms with Gasteiger partial charge in [-0.05, 0) is 54.7 Å². The number of aryl methyl sites for hydroxylation is 2. The molecule has 0 unspecified atom stereocenters. The first kappa shape index (κ1) is 17.8. The summed E-state index contributed by atoms with van der Waals surface area (Å²) in [5.74, 6) is -0.719. The van der Waals surface area contributed by atoms with Gasteiger partial charge in [-0.25, -0.2) is 4.98 Å². The molecule has 5 nitrogen and oxygen atoms in total. The highest BCUT2D eigenvalue weighted by Gasteiger charge is 2.13. The summed E-state index contributed by atoms with van der Waals surface area (Å²) in [4.78, 5) is 28.5. The van der Waals surface area contributed by atoms with Gasteiger partial charge in [0.25, 0.3) is 5.91 Å². The number of nitrogens with zero attached hydrogens (tertiary/aromatic N) is 1. The highest BCUT2D eigenvalue weighted by molar-refractivity contribution is 8.00. The van der Waals surface area contributed by atoms with E-state index in [4.69, 9.17) is 16.3 Å². The number of nitrogens with one attached hydrogen (secondary N) is 1. The van der Waals surface area contributed by atoms with E-state index in [0.717, 1.165) is 17.7 Å². The number of hydrogen-bond acceptors (Lipinski definition) is 5. The van der Waals surface area contributed by atoms with E-state index in [0.29, 0.717) is 5.69 Å². The minimum atomic E-state index is -0.453. The molecule has 1 aromatic heterocycles. The number of thioether (sulfide) groups is 1. The molecule has 0 atom stereocenters. The van der Waals surface area contributed by atoms with Gasteiger partial charge in [-0.15, -0.1) is 11.8 Å². The third kappa shape index (κ3) is 4.96. The van der Waals surface area contributed by atoms with Crippen LogP contribution in [-0.2, 0) is 27.2 Å². The number of fused-ring (bicyclic) bond motifs is 1. The van der Waals surface area contributed by atoms with Crippen LogP contribution in [0.2, 0.25) is 5.15 Å². The highest BCUT2D eigenvalue weighted by atomic mass is 35.5. The third-order valence-corrected chi connectivity index (χ3v) is 5.09. The third-order valence-electron chi connectivity index (χ3n) is 3.82. The standard InChI is InChI=1S/C18H17ClN2O3S/c19-18-15(5-2-8-20-18)21-16(22)10-24-17(23)11-25-14-7-6-12-3-1-4-13(12)9-14/h2,5-9H,1,3-4,10-11H2,(H,21,22). The average Bonchev–Trinajstić information content (AvgIpc) is 3.08. The van der Waals surface area contributed by atoms with Crippen LogP contribution in [-0.4, -0.2) is 29.2 Å². The molecule has 1 aliphatic rings. The normalized spacial score (nSPS) is 12.5. The molecule has 3 rings (SSSR count). The van der Waals surface area contributed by atoms with Gasteiger partial charge in [-0.3, -0.25) is 9.59 Å². The minimum absolute atomic E-state index is 0.166. The summed E-state index contributed by atoms with van der Waals surface area (Å²) in [5.41, 5.74) is 3.15. The molecule has 0 saturated heterocycles.